The van der Waals surface area contributed by atoms with Crippen LogP contribution in [0.25, 0.3) is 0 Å². The average molecular weight is 219 g/mol. The van der Waals surface area contributed by atoms with Crippen molar-refractivity contribution in [3.63, 3.8) is 0 Å². The average Bonchev–Trinajstić information content (AvgIpc) is 2.74. The highest BCUT2D eigenvalue weighted by molar-refractivity contribution is 5.12. The summed E-state index contributed by atoms with van der Waals surface area (Å²) in [6.07, 6.45) is 4.62. The van der Waals surface area contributed by atoms with E-state index in [-0.39, 0.29) is 0 Å². The summed E-state index contributed by atoms with van der Waals surface area (Å²) in [6.45, 7) is 5.33. The van der Waals surface area contributed by atoms with E-state index in [0.717, 1.165) is 18.8 Å². The molecule has 16 heavy (non-hydrogen) atoms. The molecule has 3 heteroatoms. The first-order valence-corrected chi connectivity index (χ1v) is 6.07. The van der Waals surface area contributed by atoms with Crippen LogP contribution in [-0.4, -0.2) is 36.1 Å². The van der Waals surface area contributed by atoms with Crippen molar-refractivity contribution in [2.45, 2.75) is 32.4 Å². The minimum absolute atomic E-state index is 0.684. The van der Waals surface area contributed by atoms with E-state index in [1.54, 1.807) is 0 Å². The molecule has 0 aromatic carbocycles. The summed E-state index contributed by atoms with van der Waals surface area (Å²) in [5, 5.41) is 3.53. The first kappa shape index (κ1) is 11.6. The topological polar surface area (TPSA) is 28.2 Å². The molecule has 0 saturated carbocycles. The molecular weight excluding hydrogens is 198 g/mol. The maximum absolute atomic E-state index is 4.32. The third-order valence-electron chi connectivity index (χ3n) is 3.12. The molecule has 1 aromatic rings. The van der Waals surface area contributed by atoms with Crippen molar-refractivity contribution >= 4 is 0 Å². The van der Waals surface area contributed by atoms with Crippen LogP contribution >= 0.6 is 0 Å². The van der Waals surface area contributed by atoms with Gasteiger partial charge in [-0.15, -0.1) is 0 Å². The number of pyridine rings is 1. The molecule has 0 aliphatic carbocycles. The number of aromatic nitrogens is 1. The van der Waals surface area contributed by atoms with Crippen LogP contribution in [0.15, 0.2) is 18.3 Å². The standard InChI is InChI=1S/C13H21N3/c1-11-5-6-12(8-15-11)9-16(2)10-13-4-3-7-14-13/h5-6,8,13-14H,3-4,7,9-10H2,1-2H3. The van der Waals surface area contributed by atoms with Crippen molar-refractivity contribution in [3.05, 3.63) is 29.6 Å². The molecule has 0 radical (unpaired) electrons. The first-order chi connectivity index (χ1) is 7.74. The molecular formula is C13H21N3. The van der Waals surface area contributed by atoms with Crippen LogP contribution in [0.5, 0.6) is 0 Å². The zero-order valence-electron chi connectivity index (χ0n) is 10.2. The van der Waals surface area contributed by atoms with E-state index in [9.17, 15) is 0 Å². The van der Waals surface area contributed by atoms with Gasteiger partial charge in [0.05, 0.1) is 0 Å². The quantitative estimate of drug-likeness (QED) is 0.833. The van der Waals surface area contributed by atoms with Crippen LogP contribution in [0.2, 0.25) is 0 Å². The summed E-state index contributed by atoms with van der Waals surface area (Å²) in [4.78, 5) is 6.69. The Morgan fingerprint density at radius 2 is 2.38 bits per heavy atom. The van der Waals surface area contributed by atoms with Crippen LogP contribution in [-0.2, 0) is 6.54 Å². The Kier molecular flexibility index (Phi) is 3.91. The molecule has 88 valence electrons. The van der Waals surface area contributed by atoms with Crippen LogP contribution in [0, 0.1) is 6.92 Å². The van der Waals surface area contributed by atoms with E-state index in [1.807, 2.05) is 13.1 Å². The molecule has 1 aromatic heterocycles. The Bertz CT molecular complexity index is 314. The monoisotopic (exact) mass is 219 g/mol. The number of nitrogens with one attached hydrogen (secondary N) is 1. The highest BCUT2D eigenvalue weighted by Crippen LogP contribution is 2.08. The lowest BCUT2D eigenvalue weighted by molar-refractivity contribution is 0.293. The number of hydrogen-bond donors (Lipinski definition) is 1. The summed E-state index contributed by atoms with van der Waals surface area (Å²) < 4.78 is 0. The summed E-state index contributed by atoms with van der Waals surface area (Å²) in [5.41, 5.74) is 2.38. The molecule has 2 rings (SSSR count). The van der Waals surface area contributed by atoms with Gasteiger partial charge in [0.25, 0.3) is 0 Å². The van der Waals surface area contributed by atoms with Crippen molar-refractivity contribution in [3.8, 4) is 0 Å². The molecule has 0 spiro atoms. The molecule has 2 heterocycles. The zero-order chi connectivity index (χ0) is 11.4. The Balaban J connectivity index is 1.81. The predicted octanol–water partition coefficient (Wildman–Crippen LogP) is 1.57. The van der Waals surface area contributed by atoms with Gasteiger partial charge < -0.3 is 10.2 Å². The Hall–Kier alpha value is -0.930. The van der Waals surface area contributed by atoms with E-state index in [0.29, 0.717) is 6.04 Å². The van der Waals surface area contributed by atoms with E-state index in [4.69, 9.17) is 0 Å². The second-order valence-electron chi connectivity index (χ2n) is 4.80. The van der Waals surface area contributed by atoms with Crippen molar-refractivity contribution < 1.29 is 0 Å². The van der Waals surface area contributed by atoms with E-state index >= 15 is 0 Å². The van der Waals surface area contributed by atoms with Crippen molar-refractivity contribution in [2.75, 3.05) is 20.1 Å². The largest absolute Gasteiger partial charge is 0.313 e. The minimum atomic E-state index is 0.684. The molecule has 1 saturated heterocycles. The summed E-state index contributed by atoms with van der Waals surface area (Å²) in [5.74, 6) is 0. The third-order valence-corrected chi connectivity index (χ3v) is 3.12. The number of nitrogens with zero attached hydrogens (tertiary/aromatic N) is 2. The van der Waals surface area contributed by atoms with Gasteiger partial charge >= 0.3 is 0 Å². The number of rotatable bonds is 4. The van der Waals surface area contributed by atoms with Crippen LogP contribution < -0.4 is 5.32 Å². The SMILES string of the molecule is Cc1ccc(CN(C)CC2CCCN2)cn1. The maximum atomic E-state index is 4.32. The minimum Gasteiger partial charge on any atom is -0.313 e. The summed E-state index contributed by atoms with van der Waals surface area (Å²) in [7, 11) is 2.18. The Morgan fingerprint density at radius 1 is 1.50 bits per heavy atom. The normalized spacial score (nSPS) is 20.6. The maximum Gasteiger partial charge on any atom is 0.0372 e. The Morgan fingerprint density at radius 3 is 3.00 bits per heavy atom. The van der Waals surface area contributed by atoms with Gasteiger partial charge in [0.1, 0.15) is 0 Å². The van der Waals surface area contributed by atoms with E-state index < -0.39 is 0 Å². The smallest absolute Gasteiger partial charge is 0.0372 e. The lowest BCUT2D eigenvalue weighted by Crippen LogP contribution is -2.34. The molecule has 3 nitrogen and oxygen atoms in total. The van der Waals surface area contributed by atoms with E-state index in [2.05, 4.69) is 34.4 Å². The molecule has 0 amide bonds. The second-order valence-corrected chi connectivity index (χ2v) is 4.80. The zero-order valence-corrected chi connectivity index (χ0v) is 10.2. The van der Waals surface area contributed by atoms with Crippen LogP contribution in [0.1, 0.15) is 24.1 Å². The van der Waals surface area contributed by atoms with Crippen LogP contribution in [0.3, 0.4) is 0 Å². The van der Waals surface area contributed by atoms with Gasteiger partial charge in [-0.1, -0.05) is 6.07 Å². The lowest BCUT2D eigenvalue weighted by atomic mass is 10.2. The Labute approximate surface area is 97.9 Å². The van der Waals surface area contributed by atoms with Gasteiger partial charge in [0.15, 0.2) is 0 Å². The predicted molar refractivity (Wildman–Crippen MR) is 66.3 cm³/mol. The van der Waals surface area contributed by atoms with Gasteiger partial charge in [0.2, 0.25) is 0 Å². The van der Waals surface area contributed by atoms with Gasteiger partial charge in [-0.2, -0.15) is 0 Å². The molecule has 1 N–H and O–H groups in total. The summed E-state index contributed by atoms with van der Waals surface area (Å²) in [6, 6.07) is 4.93. The van der Waals surface area contributed by atoms with Gasteiger partial charge in [-0.05, 0) is 45.0 Å². The third kappa shape index (κ3) is 3.29. The fraction of sp³-hybridized carbons (Fsp3) is 0.615. The van der Waals surface area contributed by atoms with Crippen molar-refractivity contribution in [2.24, 2.45) is 0 Å². The van der Waals surface area contributed by atoms with Crippen molar-refractivity contribution in [1.82, 2.24) is 15.2 Å². The molecule has 0 bridgehead atoms. The molecule has 1 atom stereocenters. The summed E-state index contributed by atoms with van der Waals surface area (Å²) >= 11 is 0. The van der Waals surface area contributed by atoms with Gasteiger partial charge in [0, 0.05) is 31.0 Å². The number of likely N-dealkylation sites (N-methyl/N-ethyl adjacent to an activating group) is 1. The second kappa shape index (κ2) is 5.41. The lowest BCUT2D eigenvalue weighted by Gasteiger charge is -2.20. The van der Waals surface area contributed by atoms with Gasteiger partial charge in [-0.3, -0.25) is 4.98 Å². The van der Waals surface area contributed by atoms with Crippen molar-refractivity contribution in [1.29, 1.82) is 0 Å². The fourth-order valence-electron chi connectivity index (χ4n) is 2.26. The highest BCUT2D eigenvalue weighted by atomic mass is 15.1. The molecule has 1 aliphatic rings. The fourth-order valence-corrected chi connectivity index (χ4v) is 2.26. The van der Waals surface area contributed by atoms with Gasteiger partial charge in [-0.25, -0.2) is 0 Å². The van der Waals surface area contributed by atoms with E-state index in [1.165, 1.54) is 24.9 Å². The molecule has 1 unspecified atom stereocenters. The number of aryl methyl sites for hydroxylation is 1. The number of hydrogen-bond acceptors (Lipinski definition) is 3. The molecule has 1 fully saturated rings. The molecule has 1 aliphatic heterocycles. The first-order valence-electron chi connectivity index (χ1n) is 6.07. The highest BCUT2D eigenvalue weighted by Gasteiger charge is 2.15. The van der Waals surface area contributed by atoms with Crippen LogP contribution in [0.4, 0.5) is 0 Å².